The third-order valence-corrected chi connectivity index (χ3v) is 5.48. The summed E-state index contributed by atoms with van der Waals surface area (Å²) in [6.45, 7) is 3.79. The average molecular weight is 439 g/mol. The van der Waals surface area contributed by atoms with Gasteiger partial charge in [0.2, 0.25) is 5.82 Å². The molecule has 0 saturated carbocycles. The van der Waals surface area contributed by atoms with Gasteiger partial charge in [-0.3, -0.25) is 9.20 Å². The maximum Gasteiger partial charge on any atom is 0.278 e. The van der Waals surface area contributed by atoms with Crippen molar-refractivity contribution < 1.29 is 17.7 Å². The van der Waals surface area contributed by atoms with Crippen LogP contribution in [0, 0.1) is 17.5 Å². The first-order chi connectivity index (χ1) is 15.4. The molecule has 10 heteroatoms. The molecule has 0 aliphatic rings. The highest BCUT2D eigenvalue weighted by molar-refractivity contribution is 5.84. The van der Waals surface area contributed by atoms with Crippen LogP contribution in [-0.2, 0) is 0 Å². The van der Waals surface area contributed by atoms with E-state index in [1.807, 2.05) is 13.8 Å². The second-order valence-corrected chi connectivity index (χ2v) is 7.42. The minimum Gasteiger partial charge on any atom is -0.333 e. The maximum absolute atomic E-state index is 14.1. The molecule has 5 aromatic rings. The highest BCUT2D eigenvalue weighted by Crippen LogP contribution is 2.28. The van der Waals surface area contributed by atoms with E-state index in [2.05, 4.69) is 15.1 Å². The van der Waals surface area contributed by atoms with Crippen molar-refractivity contribution in [2.45, 2.75) is 26.3 Å². The number of fused-ring (bicyclic) bond motifs is 3. The standard InChI is InChI=1S/C22H16F3N5O2/c1-3-11(2)30-17-9-13(24)5-7-16(17)29-10-26-18(19(29)22(30)31)20-27-21(32-28-20)14-6-4-12(23)8-15(14)25/h4-11H,3H2,1-2H3. The van der Waals surface area contributed by atoms with Gasteiger partial charge in [-0.1, -0.05) is 12.1 Å². The lowest BCUT2D eigenvalue weighted by Crippen LogP contribution is -2.25. The second-order valence-electron chi connectivity index (χ2n) is 7.42. The number of imidazole rings is 1. The van der Waals surface area contributed by atoms with E-state index in [4.69, 9.17) is 4.52 Å². The summed E-state index contributed by atoms with van der Waals surface area (Å²) in [7, 11) is 0. The second kappa shape index (κ2) is 7.33. The van der Waals surface area contributed by atoms with Crippen molar-refractivity contribution in [3.05, 3.63) is 70.5 Å². The maximum atomic E-state index is 14.1. The van der Waals surface area contributed by atoms with E-state index >= 15 is 0 Å². The van der Waals surface area contributed by atoms with Gasteiger partial charge in [-0.25, -0.2) is 18.2 Å². The Balaban J connectivity index is 1.76. The predicted octanol–water partition coefficient (Wildman–Crippen LogP) is 4.75. The molecule has 0 fully saturated rings. The fraction of sp³-hybridized carbons (Fsp3) is 0.182. The number of aromatic nitrogens is 5. The van der Waals surface area contributed by atoms with Gasteiger partial charge in [0, 0.05) is 12.1 Å². The van der Waals surface area contributed by atoms with Crippen molar-refractivity contribution in [1.82, 2.24) is 24.1 Å². The molecule has 0 spiro atoms. The minimum absolute atomic E-state index is 0.0273. The van der Waals surface area contributed by atoms with Crippen LogP contribution in [0.15, 0.2) is 52.0 Å². The van der Waals surface area contributed by atoms with Gasteiger partial charge in [0.1, 0.15) is 35.0 Å². The first-order valence-corrected chi connectivity index (χ1v) is 9.89. The molecular weight excluding hydrogens is 423 g/mol. The SMILES string of the molecule is CCC(C)n1c(=O)c2c(-c3noc(-c4ccc(F)cc4F)n3)ncn2c2ccc(F)cc21. The van der Waals surface area contributed by atoms with Crippen LogP contribution < -0.4 is 5.56 Å². The molecule has 162 valence electrons. The van der Waals surface area contributed by atoms with E-state index in [1.54, 1.807) is 10.5 Å². The monoisotopic (exact) mass is 439 g/mol. The van der Waals surface area contributed by atoms with Crippen molar-refractivity contribution in [3.8, 4) is 23.0 Å². The van der Waals surface area contributed by atoms with Crippen molar-refractivity contribution in [3.63, 3.8) is 0 Å². The topological polar surface area (TPSA) is 78.2 Å². The summed E-state index contributed by atoms with van der Waals surface area (Å²) in [5, 5.41) is 3.85. The Kier molecular flexibility index (Phi) is 4.58. The minimum atomic E-state index is -0.859. The summed E-state index contributed by atoms with van der Waals surface area (Å²) in [4.78, 5) is 21.9. The Morgan fingerprint density at radius 3 is 2.56 bits per heavy atom. The molecule has 0 aliphatic heterocycles. The molecule has 0 amide bonds. The van der Waals surface area contributed by atoms with Gasteiger partial charge < -0.3 is 9.09 Å². The fourth-order valence-corrected chi connectivity index (χ4v) is 3.73. The van der Waals surface area contributed by atoms with Crippen LogP contribution in [0.25, 0.3) is 39.5 Å². The van der Waals surface area contributed by atoms with Crippen molar-refractivity contribution >= 4 is 16.6 Å². The third-order valence-electron chi connectivity index (χ3n) is 5.48. The third kappa shape index (κ3) is 2.98. The molecule has 32 heavy (non-hydrogen) atoms. The van der Waals surface area contributed by atoms with Gasteiger partial charge in [0.25, 0.3) is 11.4 Å². The summed E-state index contributed by atoms with van der Waals surface area (Å²) in [5.41, 5.74) is 0.847. The number of halogens is 3. The summed E-state index contributed by atoms with van der Waals surface area (Å²) >= 11 is 0. The Morgan fingerprint density at radius 1 is 1.06 bits per heavy atom. The number of hydrogen-bond acceptors (Lipinski definition) is 5. The Morgan fingerprint density at radius 2 is 1.81 bits per heavy atom. The summed E-state index contributed by atoms with van der Waals surface area (Å²) in [6.07, 6.45) is 2.06. The largest absolute Gasteiger partial charge is 0.333 e. The Labute approximate surface area is 178 Å². The van der Waals surface area contributed by atoms with Crippen LogP contribution >= 0.6 is 0 Å². The zero-order chi connectivity index (χ0) is 22.6. The molecule has 5 rings (SSSR count). The smallest absolute Gasteiger partial charge is 0.278 e. The van der Waals surface area contributed by atoms with Crippen LogP contribution in [0.5, 0.6) is 0 Å². The van der Waals surface area contributed by atoms with Gasteiger partial charge >= 0.3 is 0 Å². The zero-order valence-electron chi connectivity index (χ0n) is 17.0. The first kappa shape index (κ1) is 20.0. The molecule has 1 unspecified atom stereocenters. The molecule has 2 aromatic carbocycles. The molecule has 0 saturated heterocycles. The lowest BCUT2D eigenvalue weighted by atomic mass is 10.2. The number of nitrogens with zero attached hydrogens (tertiary/aromatic N) is 5. The van der Waals surface area contributed by atoms with Crippen LogP contribution in [0.3, 0.4) is 0 Å². The van der Waals surface area contributed by atoms with Gasteiger partial charge in [-0.05, 0) is 43.7 Å². The van der Waals surface area contributed by atoms with Crippen molar-refractivity contribution in [1.29, 1.82) is 0 Å². The highest BCUT2D eigenvalue weighted by atomic mass is 19.1. The normalized spacial score (nSPS) is 12.7. The van der Waals surface area contributed by atoms with Gasteiger partial charge in [0.15, 0.2) is 0 Å². The molecule has 1 atom stereocenters. The van der Waals surface area contributed by atoms with E-state index in [0.29, 0.717) is 23.5 Å². The molecule has 0 radical (unpaired) electrons. The van der Waals surface area contributed by atoms with E-state index < -0.39 is 23.0 Å². The summed E-state index contributed by atoms with van der Waals surface area (Å²) < 4.78 is 49.5. The van der Waals surface area contributed by atoms with E-state index in [-0.39, 0.29) is 34.5 Å². The quantitative estimate of drug-likeness (QED) is 0.404. The molecule has 7 nitrogen and oxygen atoms in total. The van der Waals surface area contributed by atoms with Crippen LogP contribution in [0.2, 0.25) is 0 Å². The molecule has 0 aliphatic carbocycles. The average Bonchev–Trinajstić information content (AvgIpc) is 3.41. The first-order valence-electron chi connectivity index (χ1n) is 9.89. The molecule has 0 bridgehead atoms. The van der Waals surface area contributed by atoms with Gasteiger partial charge in [-0.2, -0.15) is 4.98 Å². The molecule has 3 aromatic heterocycles. The molecule has 3 heterocycles. The van der Waals surface area contributed by atoms with E-state index in [9.17, 15) is 18.0 Å². The van der Waals surface area contributed by atoms with Crippen molar-refractivity contribution in [2.24, 2.45) is 0 Å². The lowest BCUT2D eigenvalue weighted by Gasteiger charge is -2.17. The fourth-order valence-electron chi connectivity index (χ4n) is 3.73. The zero-order valence-corrected chi connectivity index (χ0v) is 17.0. The number of benzene rings is 2. The molecule has 0 N–H and O–H groups in total. The summed E-state index contributed by atoms with van der Waals surface area (Å²) in [6, 6.07) is 6.93. The van der Waals surface area contributed by atoms with Crippen LogP contribution in [0.1, 0.15) is 26.3 Å². The van der Waals surface area contributed by atoms with Gasteiger partial charge in [0.05, 0.1) is 16.6 Å². The van der Waals surface area contributed by atoms with Crippen LogP contribution in [-0.4, -0.2) is 24.1 Å². The molecular formula is C22H16F3N5O2. The van der Waals surface area contributed by atoms with Gasteiger partial charge in [-0.15, -0.1) is 0 Å². The van der Waals surface area contributed by atoms with Crippen molar-refractivity contribution in [2.75, 3.05) is 0 Å². The number of rotatable bonds is 4. The van der Waals surface area contributed by atoms with E-state index in [0.717, 1.165) is 6.07 Å². The predicted molar refractivity (Wildman–Crippen MR) is 111 cm³/mol. The Bertz CT molecular complexity index is 1550. The Hall–Kier alpha value is -3.95. The number of hydrogen-bond donors (Lipinski definition) is 0. The lowest BCUT2D eigenvalue weighted by molar-refractivity contribution is 0.429. The van der Waals surface area contributed by atoms with Crippen LogP contribution in [0.4, 0.5) is 13.2 Å². The summed E-state index contributed by atoms with van der Waals surface area (Å²) in [5.74, 6) is -2.26. The van der Waals surface area contributed by atoms with E-state index in [1.165, 1.54) is 29.1 Å². The highest BCUT2D eigenvalue weighted by Gasteiger charge is 2.23.